The van der Waals surface area contributed by atoms with E-state index in [1.165, 1.54) is 5.56 Å². The molecule has 1 aromatic carbocycles. The highest BCUT2D eigenvalue weighted by Crippen LogP contribution is 2.24. The van der Waals surface area contributed by atoms with Crippen molar-refractivity contribution in [3.8, 4) is 0 Å². The average Bonchev–Trinajstić information content (AvgIpc) is 2.90. The van der Waals surface area contributed by atoms with Gasteiger partial charge in [0.25, 0.3) is 0 Å². The minimum absolute atomic E-state index is 0.00797. The van der Waals surface area contributed by atoms with E-state index in [-0.39, 0.29) is 11.8 Å². The summed E-state index contributed by atoms with van der Waals surface area (Å²) < 4.78 is 1.99. The van der Waals surface area contributed by atoms with Gasteiger partial charge in [0.1, 0.15) is 0 Å². The molecule has 1 aliphatic rings. The second-order valence-electron chi connectivity index (χ2n) is 5.34. The molecule has 2 aromatic rings. The predicted molar refractivity (Wildman–Crippen MR) is 79.4 cm³/mol. The van der Waals surface area contributed by atoms with Gasteiger partial charge in [0, 0.05) is 38.2 Å². The molecule has 1 unspecified atom stereocenters. The number of anilines is 1. The first kappa shape index (κ1) is 12.8. The van der Waals surface area contributed by atoms with Gasteiger partial charge in [0.2, 0.25) is 5.91 Å². The van der Waals surface area contributed by atoms with E-state index in [0.29, 0.717) is 13.1 Å². The van der Waals surface area contributed by atoms with Crippen LogP contribution in [0, 0.1) is 5.92 Å². The van der Waals surface area contributed by atoms with Crippen molar-refractivity contribution in [2.24, 2.45) is 13.0 Å². The summed E-state index contributed by atoms with van der Waals surface area (Å²) in [7, 11) is 1.98. The highest BCUT2D eigenvalue weighted by Gasteiger charge is 2.23. The zero-order valence-corrected chi connectivity index (χ0v) is 11.6. The molecule has 4 heteroatoms. The monoisotopic (exact) mass is 269 g/mol. The van der Waals surface area contributed by atoms with Gasteiger partial charge in [-0.15, -0.1) is 0 Å². The molecule has 0 spiro atoms. The van der Waals surface area contributed by atoms with Gasteiger partial charge in [-0.25, -0.2) is 0 Å². The van der Waals surface area contributed by atoms with Gasteiger partial charge >= 0.3 is 0 Å². The summed E-state index contributed by atoms with van der Waals surface area (Å²) in [5.74, 6) is 0.129. The summed E-state index contributed by atoms with van der Waals surface area (Å²) in [6, 6.07) is 10.2. The molecule has 0 bridgehead atoms. The van der Waals surface area contributed by atoms with Crippen LogP contribution in [-0.4, -0.2) is 17.0 Å². The number of nitrogens with zero attached hydrogens (tertiary/aromatic N) is 1. The first-order valence-electron chi connectivity index (χ1n) is 6.93. The fourth-order valence-corrected chi connectivity index (χ4v) is 2.63. The van der Waals surface area contributed by atoms with Gasteiger partial charge in [-0.2, -0.15) is 0 Å². The van der Waals surface area contributed by atoms with Gasteiger partial charge in [-0.1, -0.05) is 18.2 Å². The Hall–Kier alpha value is -2.23. The first-order chi connectivity index (χ1) is 9.72. The predicted octanol–water partition coefficient (Wildman–Crippen LogP) is 1.93. The molecule has 1 amide bonds. The van der Waals surface area contributed by atoms with Crippen molar-refractivity contribution in [2.75, 3.05) is 11.9 Å². The Bertz CT molecular complexity index is 618. The minimum atomic E-state index is 0.00797. The lowest BCUT2D eigenvalue weighted by atomic mass is 9.93. The number of benzene rings is 1. The average molecular weight is 269 g/mol. The number of hydrogen-bond acceptors (Lipinski definition) is 2. The molecule has 0 aliphatic carbocycles. The number of hydrogen-bond donors (Lipinski definition) is 2. The van der Waals surface area contributed by atoms with Crippen LogP contribution in [0.4, 0.5) is 5.69 Å². The van der Waals surface area contributed by atoms with E-state index in [9.17, 15) is 4.79 Å². The van der Waals surface area contributed by atoms with Gasteiger partial charge in [-0.3, -0.25) is 4.79 Å². The van der Waals surface area contributed by atoms with Gasteiger partial charge in [0.15, 0.2) is 0 Å². The number of rotatable bonds is 3. The molecule has 0 fully saturated rings. The number of carbonyl (C=O) groups is 1. The Morgan fingerprint density at radius 2 is 2.25 bits per heavy atom. The summed E-state index contributed by atoms with van der Waals surface area (Å²) in [5.41, 5.74) is 3.50. The van der Waals surface area contributed by atoms with Crippen LogP contribution in [0.3, 0.4) is 0 Å². The third kappa shape index (κ3) is 2.69. The first-order valence-corrected chi connectivity index (χ1v) is 6.93. The number of para-hydroxylation sites is 1. The SMILES string of the molecule is Cn1ccc(CNC(=O)C2CNc3ccccc3C2)c1. The Morgan fingerprint density at radius 3 is 3.05 bits per heavy atom. The second kappa shape index (κ2) is 5.41. The van der Waals surface area contributed by atoms with E-state index >= 15 is 0 Å². The van der Waals surface area contributed by atoms with E-state index in [2.05, 4.69) is 22.8 Å². The number of fused-ring (bicyclic) bond motifs is 1. The molecule has 4 nitrogen and oxygen atoms in total. The zero-order chi connectivity index (χ0) is 13.9. The van der Waals surface area contributed by atoms with Crippen LogP contribution in [0.5, 0.6) is 0 Å². The lowest BCUT2D eigenvalue weighted by Gasteiger charge is -2.25. The third-order valence-electron chi connectivity index (χ3n) is 3.75. The Labute approximate surface area is 118 Å². The lowest BCUT2D eigenvalue weighted by molar-refractivity contribution is -0.124. The van der Waals surface area contributed by atoms with E-state index in [1.807, 2.05) is 42.2 Å². The van der Waals surface area contributed by atoms with Crippen LogP contribution in [0.1, 0.15) is 11.1 Å². The second-order valence-corrected chi connectivity index (χ2v) is 5.34. The van der Waals surface area contributed by atoms with Crippen molar-refractivity contribution < 1.29 is 4.79 Å². The van der Waals surface area contributed by atoms with Crippen molar-refractivity contribution in [1.82, 2.24) is 9.88 Å². The van der Waals surface area contributed by atoms with Crippen LogP contribution in [0.15, 0.2) is 42.7 Å². The Kier molecular flexibility index (Phi) is 3.46. The zero-order valence-electron chi connectivity index (χ0n) is 11.6. The normalized spacial score (nSPS) is 17.1. The fraction of sp³-hybridized carbons (Fsp3) is 0.312. The third-order valence-corrected chi connectivity index (χ3v) is 3.75. The van der Waals surface area contributed by atoms with Gasteiger partial charge in [-0.05, 0) is 29.7 Å². The molecule has 3 rings (SSSR count). The van der Waals surface area contributed by atoms with Crippen molar-refractivity contribution in [1.29, 1.82) is 0 Å². The van der Waals surface area contributed by atoms with Crippen molar-refractivity contribution >= 4 is 11.6 Å². The molecule has 0 saturated heterocycles. The number of carbonyl (C=O) groups excluding carboxylic acids is 1. The molecule has 104 valence electrons. The molecule has 0 radical (unpaired) electrons. The molecular weight excluding hydrogens is 250 g/mol. The largest absolute Gasteiger partial charge is 0.384 e. The van der Waals surface area contributed by atoms with Crippen LogP contribution >= 0.6 is 0 Å². The molecule has 1 atom stereocenters. The van der Waals surface area contributed by atoms with Crippen molar-refractivity contribution in [2.45, 2.75) is 13.0 Å². The number of aromatic nitrogens is 1. The molecule has 0 saturated carbocycles. The minimum Gasteiger partial charge on any atom is -0.384 e. The van der Waals surface area contributed by atoms with Crippen molar-refractivity contribution in [3.63, 3.8) is 0 Å². The molecule has 2 N–H and O–H groups in total. The topological polar surface area (TPSA) is 46.1 Å². The standard InChI is InChI=1S/C16H19N3O/c1-19-7-6-12(11-19)9-18-16(20)14-8-13-4-2-3-5-15(13)17-10-14/h2-7,11,14,17H,8-10H2,1H3,(H,18,20). The fourth-order valence-electron chi connectivity index (χ4n) is 2.63. The quantitative estimate of drug-likeness (QED) is 0.894. The number of amides is 1. The van der Waals surface area contributed by atoms with Gasteiger partial charge < -0.3 is 15.2 Å². The van der Waals surface area contributed by atoms with Gasteiger partial charge in [0.05, 0.1) is 5.92 Å². The van der Waals surface area contributed by atoms with Crippen LogP contribution < -0.4 is 10.6 Å². The molecule has 1 aliphatic heterocycles. The maximum Gasteiger partial charge on any atom is 0.225 e. The summed E-state index contributed by atoms with van der Waals surface area (Å²) in [6.45, 7) is 1.30. The maximum atomic E-state index is 12.2. The summed E-state index contributed by atoms with van der Waals surface area (Å²) >= 11 is 0. The summed E-state index contributed by atoms with van der Waals surface area (Å²) in [6.07, 6.45) is 4.82. The van der Waals surface area contributed by atoms with E-state index < -0.39 is 0 Å². The highest BCUT2D eigenvalue weighted by molar-refractivity contribution is 5.80. The maximum absolute atomic E-state index is 12.2. The van der Waals surface area contributed by atoms with E-state index in [1.54, 1.807) is 0 Å². The molecule has 1 aromatic heterocycles. The number of nitrogens with one attached hydrogen (secondary N) is 2. The van der Waals surface area contributed by atoms with Crippen LogP contribution in [-0.2, 0) is 24.8 Å². The summed E-state index contributed by atoms with van der Waals surface area (Å²) in [5, 5.41) is 6.35. The highest BCUT2D eigenvalue weighted by atomic mass is 16.1. The molecule has 2 heterocycles. The molecular formula is C16H19N3O. The smallest absolute Gasteiger partial charge is 0.225 e. The molecule has 20 heavy (non-hydrogen) atoms. The van der Waals surface area contributed by atoms with Crippen molar-refractivity contribution in [3.05, 3.63) is 53.9 Å². The Balaban J connectivity index is 1.59. The Morgan fingerprint density at radius 1 is 1.40 bits per heavy atom. The van der Waals surface area contributed by atoms with E-state index in [0.717, 1.165) is 17.7 Å². The lowest BCUT2D eigenvalue weighted by Crippen LogP contribution is -2.37. The number of aryl methyl sites for hydroxylation is 1. The van der Waals surface area contributed by atoms with E-state index in [4.69, 9.17) is 0 Å². The summed E-state index contributed by atoms with van der Waals surface area (Å²) in [4.78, 5) is 12.2. The van der Waals surface area contributed by atoms with Crippen LogP contribution in [0.25, 0.3) is 0 Å². The van der Waals surface area contributed by atoms with Crippen LogP contribution in [0.2, 0.25) is 0 Å².